The lowest BCUT2D eigenvalue weighted by Gasteiger charge is -2.32. The van der Waals surface area contributed by atoms with E-state index >= 15 is 0 Å². The molecule has 2 rings (SSSR count). The molecule has 10 nitrogen and oxygen atoms in total. The molecule has 1 saturated heterocycles. The summed E-state index contributed by atoms with van der Waals surface area (Å²) in [6, 6.07) is 3.96. The molecule has 0 amide bonds. The summed E-state index contributed by atoms with van der Waals surface area (Å²) in [4.78, 5) is 45.7. The number of aromatic nitrogens is 1. The Kier molecular flexibility index (Phi) is 34.7. The van der Waals surface area contributed by atoms with Crippen LogP contribution in [0.25, 0.3) is 0 Å². The largest absolute Gasteiger partial charge is 0.465 e. The fraction of sp³-hybridized carbons (Fsp3) is 0.719. The Labute approximate surface area is 408 Å². The van der Waals surface area contributed by atoms with Crippen molar-refractivity contribution in [2.24, 2.45) is 23.7 Å². The van der Waals surface area contributed by atoms with Crippen LogP contribution in [0.1, 0.15) is 190 Å². The molecule has 3 unspecified atom stereocenters. The number of pyridine rings is 1. The van der Waals surface area contributed by atoms with E-state index in [2.05, 4.69) is 94.8 Å². The van der Waals surface area contributed by atoms with Gasteiger partial charge in [0.15, 0.2) is 6.29 Å². The molecule has 1 aromatic heterocycles. The Morgan fingerprint density at radius 3 is 1.73 bits per heavy atom. The summed E-state index contributed by atoms with van der Waals surface area (Å²) >= 11 is 0. The number of carbonyl (C=O) groups is 3. The van der Waals surface area contributed by atoms with Crippen molar-refractivity contribution in [3.8, 4) is 0 Å². The topological polar surface area (TPSA) is 113 Å². The zero-order valence-electron chi connectivity index (χ0n) is 43.3. The van der Waals surface area contributed by atoms with Gasteiger partial charge >= 0.3 is 17.9 Å². The Balaban J connectivity index is 1.88. The van der Waals surface area contributed by atoms with Crippen molar-refractivity contribution in [1.82, 2.24) is 4.98 Å². The monoisotopic (exact) mass is 935 g/mol. The minimum Gasteiger partial charge on any atom is -0.465 e. The van der Waals surface area contributed by atoms with Gasteiger partial charge in [-0.2, -0.15) is 0 Å². The first-order valence-electron chi connectivity index (χ1n) is 26.4. The molecule has 10 heteroatoms. The highest BCUT2D eigenvalue weighted by atomic mass is 16.7. The molecular weight excluding hydrogens is 841 g/mol. The number of piperidine rings is 1. The second-order valence-corrected chi connectivity index (χ2v) is 19.5. The summed E-state index contributed by atoms with van der Waals surface area (Å²) < 4.78 is 29.8. The molecule has 0 bridgehead atoms. The third-order valence-electron chi connectivity index (χ3n) is 12.4. The van der Waals surface area contributed by atoms with Crippen LogP contribution in [0.15, 0.2) is 72.1 Å². The number of hydrogen-bond donors (Lipinski definition) is 0. The zero-order valence-corrected chi connectivity index (χ0v) is 43.3. The van der Waals surface area contributed by atoms with Crippen molar-refractivity contribution in [2.75, 3.05) is 51.0 Å². The number of esters is 3. The number of hydrogen-bond acceptors (Lipinski definition) is 10. The molecule has 2 heterocycles. The summed E-state index contributed by atoms with van der Waals surface area (Å²) in [5.41, 5.74) is 3.77. The summed E-state index contributed by atoms with van der Waals surface area (Å²) in [5, 5.41) is 0. The van der Waals surface area contributed by atoms with E-state index in [9.17, 15) is 14.4 Å². The predicted octanol–water partition coefficient (Wildman–Crippen LogP) is 14.0. The van der Waals surface area contributed by atoms with Gasteiger partial charge in [0.2, 0.25) is 0 Å². The molecule has 1 aromatic rings. The SMILES string of the molecule is CCCCC/C=C\C/C=C\CCCCCCCC(=O)OCC(COC(=O)CCC(OCCC(C)CCC=C(C)C)OCCC(C)CCC=C(C)C)COC(=O)C1CCN(c2ccncc2)CC1. The van der Waals surface area contributed by atoms with Gasteiger partial charge in [0.1, 0.15) is 19.8 Å². The van der Waals surface area contributed by atoms with Crippen LogP contribution in [0.2, 0.25) is 0 Å². The fourth-order valence-corrected chi connectivity index (χ4v) is 7.89. The zero-order chi connectivity index (χ0) is 48.7. The van der Waals surface area contributed by atoms with Crippen LogP contribution in [0, 0.1) is 23.7 Å². The molecule has 0 aliphatic carbocycles. The van der Waals surface area contributed by atoms with Crippen molar-refractivity contribution in [3.63, 3.8) is 0 Å². The smallest absolute Gasteiger partial charge is 0.309 e. The van der Waals surface area contributed by atoms with E-state index < -0.39 is 18.2 Å². The van der Waals surface area contributed by atoms with Crippen LogP contribution in [-0.4, -0.2) is 75.3 Å². The summed E-state index contributed by atoms with van der Waals surface area (Å²) in [7, 11) is 0. The van der Waals surface area contributed by atoms with E-state index in [1.165, 1.54) is 36.8 Å². The van der Waals surface area contributed by atoms with Gasteiger partial charge in [-0.15, -0.1) is 0 Å². The first-order chi connectivity index (χ1) is 32.5. The maximum absolute atomic E-state index is 13.3. The lowest BCUT2D eigenvalue weighted by Crippen LogP contribution is -2.37. The van der Waals surface area contributed by atoms with E-state index in [1.54, 1.807) is 12.4 Å². The van der Waals surface area contributed by atoms with Crippen molar-refractivity contribution in [1.29, 1.82) is 0 Å². The quantitative estimate of drug-likeness (QED) is 0.0208. The van der Waals surface area contributed by atoms with E-state index in [0.29, 0.717) is 50.7 Å². The second-order valence-electron chi connectivity index (χ2n) is 19.5. The van der Waals surface area contributed by atoms with Crippen molar-refractivity contribution in [2.45, 2.75) is 196 Å². The number of anilines is 1. The first-order valence-corrected chi connectivity index (χ1v) is 26.4. The van der Waals surface area contributed by atoms with Crippen LogP contribution in [0.4, 0.5) is 5.69 Å². The van der Waals surface area contributed by atoms with Gasteiger partial charge in [-0.05, 0) is 142 Å². The average Bonchev–Trinajstić information content (AvgIpc) is 3.31. The number of rotatable bonds is 39. The van der Waals surface area contributed by atoms with Crippen molar-refractivity contribution in [3.05, 3.63) is 72.1 Å². The van der Waals surface area contributed by atoms with E-state index in [-0.39, 0.29) is 44.1 Å². The summed E-state index contributed by atoms with van der Waals surface area (Å²) in [6.07, 6.45) is 37.2. The lowest BCUT2D eigenvalue weighted by molar-refractivity contribution is -0.163. The molecule has 0 spiro atoms. The van der Waals surface area contributed by atoms with Gasteiger partial charge in [-0.3, -0.25) is 19.4 Å². The van der Waals surface area contributed by atoms with Crippen molar-refractivity contribution < 1.29 is 38.1 Å². The fourth-order valence-electron chi connectivity index (χ4n) is 7.89. The van der Waals surface area contributed by atoms with Crippen LogP contribution < -0.4 is 4.90 Å². The Morgan fingerprint density at radius 1 is 0.642 bits per heavy atom. The normalized spacial score (nSPS) is 15.0. The first kappa shape index (κ1) is 59.4. The summed E-state index contributed by atoms with van der Waals surface area (Å²) in [6.45, 7) is 17.8. The average molecular weight is 935 g/mol. The Hall–Kier alpha value is -3.76. The van der Waals surface area contributed by atoms with E-state index in [4.69, 9.17) is 23.7 Å². The molecule has 0 N–H and O–H groups in total. The summed E-state index contributed by atoms with van der Waals surface area (Å²) in [5.74, 6) is -0.628. The van der Waals surface area contributed by atoms with Gasteiger partial charge < -0.3 is 28.6 Å². The van der Waals surface area contributed by atoms with Gasteiger partial charge in [-0.1, -0.05) is 100 Å². The number of carbonyl (C=O) groups excluding carboxylic acids is 3. The molecule has 0 radical (unpaired) electrons. The molecule has 380 valence electrons. The maximum atomic E-state index is 13.3. The lowest BCUT2D eigenvalue weighted by atomic mass is 9.96. The van der Waals surface area contributed by atoms with E-state index in [1.807, 2.05) is 12.1 Å². The highest BCUT2D eigenvalue weighted by Crippen LogP contribution is 2.24. The highest BCUT2D eigenvalue weighted by Gasteiger charge is 2.28. The van der Waals surface area contributed by atoms with Crippen LogP contribution in [0.5, 0.6) is 0 Å². The standard InChI is InChI=1S/C57H94N2O8/c1-8-9-10-11-12-13-14-15-16-17-18-19-20-21-22-29-54(60)65-44-51(46-67-57(62)52-34-40-59(41-35-52)53-32-38-58-39-33-53)45-66-55(61)30-31-56(63-42-36-49(6)27-23-25-47(2)3)64-43-37-50(7)28-24-26-48(4)5/h12-13,15-16,25-26,32-33,38-39,49-52,56H,8-11,14,17-24,27-31,34-37,40-46H2,1-7H3/b13-12-,16-15-. The van der Waals surface area contributed by atoms with Gasteiger partial charge in [0, 0.05) is 57.2 Å². The van der Waals surface area contributed by atoms with Gasteiger partial charge in [-0.25, -0.2) is 0 Å². The highest BCUT2D eigenvalue weighted by molar-refractivity contribution is 5.73. The molecule has 3 atom stereocenters. The molecule has 1 fully saturated rings. The molecule has 1 aliphatic heterocycles. The molecule has 0 aromatic carbocycles. The molecular formula is C57H94N2O8. The number of unbranched alkanes of at least 4 members (excludes halogenated alkanes) is 8. The minimum atomic E-state index is -0.514. The van der Waals surface area contributed by atoms with Gasteiger partial charge in [0.05, 0.1) is 18.3 Å². The van der Waals surface area contributed by atoms with Crippen LogP contribution in [0.3, 0.4) is 0 Å². The number of allylic oxidation sites excluding steroid dienone is 8. The van der Waals surface area contributed by atoms with E-state index in [0.717, 1.165) is 102 Å². The third kappa shape index (κ3) is 32.6. The maximum Gasteiger partial charge on any atom is 0.309 e. The number of ether oxygens (including phenoxy) is 5. The second kappa shape index (κ2) is 39.1. The number of nitrogens with zero attached hydrogens (tertiary/aromatic N) is 2. The minimum absolute atomic E-state index is 0.000102. The Bertz CT molecular complexity index is 1510. The van der Waals surface area contributed by atoms with Crippen LogP contribution in [-0.2, 0) is 38.1 Å². The molecule has 67 heavy (non-hydrogen) atoms. The van der Waals surface area contributed by atoms with Gasteiger partial charge in [0.25, 0.3) is 0 Å². The van der Waals surface area contributed by atoms with Crippen LogP contribution >= 0.6 is 0 Å². The Morgan fingerprint density at radius 2 is 1.16 bits per heavy atom. The van der Waals surface area contributed by atoms with Crippen molar-refractivity contribution >= 4 is 23.6 Å². The predicted molar refractivity (Wildman–Crippen MR) is 275 cm³/mol. The third-order valence-corrected chi connectivity index (χ3v) is 12.4. The molecule has 0 saturated carbocycles. The molecule has 1 aliphatic rings.